The van der Waals surface area contributed by atoms with Gasteiger partial charge in [-0.05, 0) is 38.8 Å². The van der Waals surface area contributed by atoms with Crippen molar-refractivity contribution < 1.29 is 9.59 Å². The van der Waals surface area contributed by atoms with Crippen molar-refractivity contribution in [3.63, 3.8) is 0 Å². The molecule has 0 bridgehead atoms. The van der Waals surface area contributed by atoms with Gasteiger partial charge < -0.3 is 15.5 Å². The van der Waals surface area contributed by atoms with E-state index in [0.29, 0.717) is 12.5 Å². The Bertz CT molecular complexity index is 313. The molecule has 102 valence electrons. The van der Waals surface area contributed by atoms with Gasteiger partial charge in [-0.15, -0.1) is 0 Å². The highest BCUT2D eigenvalue weighted by Gasteiger charge is 2.34. The van der Waals surface area contributed by atoms with Crippen LogP contribution in [-0.4, -0.2) is 49.4 Å². The minimum atomic E-state index is -0.103. The van der Waals surface area contributed by atoms with Crippen LogP contribution in [0.3, 0.4) is 0 Å². The van der Waals surface area contributed by atoms with Gasteiger partial charge in [-0.3, -0.25) is 9.59 Å². The Labute approximate surface area is 108 Å². The second-order valence-corrected chi connectivity index (χ2v) is 5.23. The summed E-state index contributed by atoms with van der Waals surface area (Å²) in [7, 11) is 1.63. The number of carbonyl (C=O) groups is 2. The number of piperidine rings is 2. The summed E-state index contributed by atoms with van der Waals surface area (Å²) in [6.45, 7) is 2.86. The van der Waals surface area contributed by atoms with Crippen molar-refractivity contribution in [1.82, 2.24) is 15.5 Å². The molecule has 5 heteroatoms. The summed E-state index contributed by atoms with van der Waals surface area (Å²) in [5.74, 6) is 0.0610. The van der Waals surface area contributed by atoms with Crippen LogP contribution in [0.5, 0.6) is 0 Å². The van der Waals surface area contributed by atoms with Crippen LogP contribution in [0.2, 0.25) is 0 Å². The molecule has 0 aromatic rings. The number of nitrogens with one attached hydrogen (secondary N) is 2. The summed E-state index contributed by atoms with van der Waals surface area (Å²) in [4.78, 5) is 25.8. The lowest BCUT2D eigenvalue weighted by Crippen LogP contribution is -2.51. The molecular formula is C13H23N3O2. The lowest BCUT2D eigenvalue weighted by atomic mass is 9.91. The average molecular weight is 253 g/mol. The second-order valence-electron chi connectivity index (χ2n) is 5.23. The summed E-state index contributed by atoms with van der Waals surface area (Å²) in [5.41, 5.74) is 0. The monoisotopic (exact) mass is 253 g/mol. The Kier molecular flexibility index (Phi) is 4.58. The number of nitrogens with zero attached hydrogens (tertiary/aromatic N) is 1. The fourth-order valence-corrected chi connectivity index (χ4v) is 2.97. The first-order valence-corrected chi connectivity index (χ1v) is 6.94. The van der Waals surface area contributed by atoms with Crippen LogP contribution in [-0.2, 0) is 9.59 Å². The molecular weight excluding hydrogens is 230 g/mol. The maximum atomic E-state index is 12.4. The molecule has 1 atom stereocenters. The van der Waals surface area contributed by atoms with Gasteiger partial charge in [-0.25, -0.2) is 0 Å². The van der Waals surface area contributed by atoms with Crippen molar-refractivity contribution >= 4 is 11.8 Å². The fraction of sp³-hybridized carbons (Fsp3) is 0.846. The molecule has 18 heavy (non-hydrogen) atoms. The van der Waals surface area contributed by atoms with E-state index in [0.717, 1.165) is 45.3 Å². The predicted octanol–water partition coefficient (Wildman–Crippen LogP) is 0.113. The van der Waals surface area contributed by atoms with Crippen LogP contribution in [0.4, 0.5) is 0 Å². The Morgan fingerprint density at radius 2 is 2.11 bits per heavy atom. The quantitative estimate of drug-likeness (QED) is 0.750. The van der Waals surface area contributed by atoms with Crippen LogP contribution in [0.1, 0.15) is 32.1 Å². The van der Waals surface area contributed by atoms with Gasteiger partial charge in [0.1, 0.15) is 0 Å². The van der Waals surface area contributed by atoms with Crippen molar-refractivity contribution in [3.8, 4) is 0 Å². The van der Waals surface area contributed by atoms with E-state index in [1.54, 1.807) is 7.05 Å². The summed E-state index contributed by atoms with van der Waals surface area (Å²) in [6, 6.07) is 0.381. The van der Waals surface area contributed by atoms with Crippen molar-refractivity contribution in [1.29, 1.82) is 0 Å². The highest BCUT2D eigenvalue weighted by molar-refractivity contribution is 5.86. The van der Waals surface area contributed by atoms with Gasteiger partial charge in [-0.1, -0.05) is 0 Å². The molecule has 0 aromatic heterocycles. The van der Waals surface area contributed by atoms with E-state index in [9.17, 15) is 9.59 Å². The molecule has 5 nitrogen and oxygen atoms in total. The van der Waals surface area contributed by atoms with Gasteiger partial charge in [0.15, 0.2) is 0 Å². The zero-order valence-electron chi connectivity index (χ0n) is 11.1. The lowest BCUT2D eigenvalue weighted by molar-refractivity contribution is -0.144. The minimum absolute atomic E-state index is 0.0273. The molecule has 1 unspecified atom stereocenters. The molecule has 2 heterocycles. The van der Waals surface area contributed by atoms with E-state index >= 15 is 0 Å². The van der Waals surface area contributed by atoms with Gasteiger partial charge in [0, 0.05) is 32.0 Å². The first kappa shape index (κ1) is 13.3. The third-order valence-corrected chi connectivity index (χ3v) is 4.04. The van der Waals surface area contributed by atoms with Crippen LogP contribution >= 0.6 is 0 Å². The third-order valence-electron chi connectivity index (χ3n) is 4.04. The summed E-state index contributed by atoms with van der Waals surface area (Å²) in [5, 5.41) is 5.93. The van der Waals surface area contributed by atoms with Crippen molar-refractivity contribution in [2.75, 3.05) is 26.7 Å². The maximum absolute atomic E-state index is 12.4. The highest BCUT2D eigenvalue weighted by Crippen LogP contribution is 2.25. The van der Waals surface area contributed by atoms with E-state index in [1.165, 1.54) is 0 Å². The Hall–Kier alpha value is -1.10. The molecule has 2 aliphatic rings. The van der Waals surface area contributed by atoms with Gasteiger partial charge >= 0.3 is 0 Å². The average Bonchev–Trinajstić information content (AvgIpc) is 2.42. The number of rotatable bonds is 3. The largest absolute Gasteiger partial charge is 0.359 e. The SMILES string of the molecule is CNC(=O)CC1CCCN(C2CCNCC2)C1=O. The second kappa shape index (κ2) is 6.18. The molecule has 2 saturated heterocycles. The van der Waals surface area contributed by atoms with Gasteiger partial charge in [0.2, 0.25) is 11.8 Å². The Morgan fingerprint density at radius 1 is 1.39 bits per heavy atom. The predicted molar refractivity (Wildman–Crippen MR) is 69.0 cm³/mol. The zero-order chi connectivity index (χ0) is 13.0. The molecule has 2 amide bonds. The Balaban J connectivity index is 1.95. The van der Waals surface area contributed by atoms with E-state index < -0.39 is 0 Å². The third kappa shape index (κ3) is 3.02. The standard InChI is InChI=1S/C13H23N3O2/c1-14-12(17)9-10-3-2-8-16(13(10)18)11-4-6-15-7-5-11/h10-11,15H,2-9H2,1H3,(H,14,17). The van der Waals surface area contributed by atoms with Crippen LogP contribution in [0.15, 0.2) is 0 Å². The number of hydrogen-bond acceptors (Lipinski definition) is 3. The highest BCUT2D eigenvalue weighted by atomic mass is 16.2. The van der Waals surface area contributed by atoms with Crippen LogP contribution in [0.25, 0.3) is 0 Å². The van der Waals surface area contributed by atoms with Gasteiger partial charge in [0.05, 0.1) is 0 Å². The molecule has 2 N–H and O–H groups in total. The fourth-order valence-electron chi connectivity index (χ4n) is 2.97. The molecule has 2 rings (SSSR count). The van der Waals surface area contributed by atoms with Crippen molar-refractivity contribution in [2.24, 2.45) is 5.92 Å². The number of amides is 2. The smallest absolute Gasteiger partial charge is 0.226 e. The number of hydrogen-bond donors (Lipinski definition) is 2. The van der Waals surface area contributed by atoms with Crippen molar-refractivity contribution in [3.05, 3.63) is 0 Å². The minimum Gasteiger partial charge on any atom is -0.359 e. The Morgan fingerprint density at radius 3 is 2.78 bits per heavy atom. The van der Waals surface area contributed by atoms with Gasteiger partial charge in [-0.2, -0.15) is 0 Å². The first-order valence-electron chi connectivity index (χ1n) is 6.94. The van der Waals surface area contributed by atoms with E-state index in [2.05, 4.69) is 10.6 Å². The molecule has 0 spiro atoms. The van der Waals surface area contributed by atoms with Crippen LogP contribution < -0.4 is 10.6 Å². The number of likely N-dealkylation sites (tertiary alicyclic amines) is 1. The molecule has 0 radical (unpaired) electrons. The van der Waals surface area contributed by atoms with Crippen LogP contribution in [0, 0.1) is 5.92 Å². The molecule has 0 aliphatic carbocycles. The van der Waals surface area contributed by atoms with E-state index in [-0.39, 0.29) is 17.7 Å². The number of carbonyl (C=O) groups excluding carboxylic acids is 2. The molecule has 2 fully saturated rings. The maximum Gasteiger partial charge on any atom is 0.226 e. The summed E-state index contributed by atoms with van der Waals surface area (Å²) in [6.07, 6.45) is 4.30. The molecule has 0 aromatic carbocycles. The summed E-state index contributed by atoms with van der Waals surface area (Å²) >= 11 is 0. The van der Waals surface area contributed by atoms with E-state index in [4.69, 9.17) is 0 Å². The lowest BCUT2D eigenvalue weighted by Gasteiger charge is -2.39. The normalized spacial score (nSPS) is 26.2. The molecule has 2 aliphatic heterocycles. The first-order chi connectivity index (χ1) is 8.72. The summed E-state index contributed by atoms with van der Waals surface area (Å²) < 4.78 is 0. The van der Waals surface area contributed by atoms with E-state index in [1.807, 2.05) is 4.90 Å². The van der Waals surface area contributed by atoms with Gasteiger partial charge in [0.25, 0.3) is 0 Å². The van der Waals surface area contributed by atoms with Crippen molar-refractivity contribution in [2.45, 2.75) is 38.1 Å². The topological polar surface area (TPSA) is 61.4 Å². The zero-order valence-corrected chi connectivity index (χ0v) is 11.1. The molecule has 0 saturated carbocycles.